The van der Waals surface area contributed by atoms with Gasteiger partial charge >= 0.3 is 5.97 Å². The monoisotopic (exact) mass is 610 g/mol. The Morgan fingerprint density at radius 3 is 2.33 bits per heavy atom. The van der Waals surface area contributed by atoms with Crippen LogP contribution in [-0.4, -0.2) is 67.2 Å². The Bertz CT molecular complexity index is 1430. The van der Waals surface area contributed by atoms with E-state index in [1.54, 1.807) is 20.3 Å². The summed E-state index contributed by atoms with van der Waals surface area (Å²) in [6.45, 7) is 4.78. The Labute approximate surface area is 255 Å². The molecule has 0 saturated carbocycles. The Morgan fingerprint density at radius 1 is 0.976 bits per heavy atom. The number of likely N-dealkylation sites (tertiary alicyclic amines) is 1. The van der Waals surface area contributed by atoms with Gasteiger partial charge < -0.3 is 24.0 Å². The molecule has 2 aromatic carbocycles. The van der Waals surface area contributed by atoms with Crippen LogP contribution in [-0.2, 0) is 28.2 Å². The second-order valence-corrected chi connectivity index (χ2v) is 11.6. The van der Waals surface area contributed by atoms with Crippen molar-refractivity contribution in [3.05, 3.63) is 69.9 Å². The maximum absolute atomic E-state index is 13.0. The molecule has 3 aromatic rings. The lowest BCUT2D eigenvalue weighted by Crippen LogP contribution is -2.40. The maximum Gasteiger partial charge on any atom is 0.309 e. The fraction of sp³-hybridized carbons (Fsp3) is 0.419. The van der Waals surface area contributed by atoms with Crippen molar-refractivity contribution in [2.24, 2.45) is 5.92 Å². The molecule has 5 rings (SSSR count). The average molecular weight is 611 g/mol. The Balaban J connectivity index is 1.18. The molecule has 9 nitrogen and oxygen atoms in total. The average Bonchev–Trinajstić information content (AvgIpc) is 3.02. The summed E-state index contributed by atoms with van der Waals surface area (Å²) in [6.07, 6.45) is 2.12. The van der Waals surface area contributed by atoms with Crippen molar-refractivity contribution in [1.82, 2.24) is 14.9 Å². The molecule has 2 aliphatic heterocycles. The zero-order valence-electron chi connectivity index (χ0n) is 24.1. The molecule has 42 heavy (non-hydrogen) atoms. The van der Waals surface area contributed by atoms with Crippen molar-refractivity contribution >= 4 is 41.1 Å². The quantitative estimate of drug-likeness (QED) is 0.136. The highest BCUT2D eigenvalue weighted by Crippen LogP contribution is 2.35. The molecular weight excluding hydrogens is 576 g/mol. The molecule has 11 heteroatoms. The third-order valence-electron chi connectivity index (χ3n) is 7.67. The summed E-state index contributed by atoms with van der Waals surface area (Å²) < 4.78 is 16.1. The summed E-state index contributed by atoms with van der Waals surface area (Å²) in [7, 11) is 3.29. The summed E-state index contributed by atoms with van der Waals surface area (Å²) in [6, 6.07) is 13.5. The van der Waals surface area contributed by atoms with Crippen molar-refractivity contribution < 1.29 is 23.8 Å². The van der Waals surface area contributed by atoms with Crippen LogP contribution in [0.2, 0.25) is 5.15 Å². The van der Waals surface area contributed by atoms with Gasteiger partial charge in [0.15, 0.2) is 16.7 Å². The van der Waals surface area contributed by atoms with Crippen LogP contribution in [0.5, 0.6) is 11.5 Å². The van der Waals surface area contributed by atoms with Gasteiger partial charge in [-0.25, -0.2) is 9.97 Å². The number of halogens is 1. The minimum Gasteiger partial charge on any atom is -0.493 e. The van der Waals surface area contributed by atoms with Crippen LogP contribution in [0, 0.1) is 5.92 Å². The number of hydrogen-bond acceptors (Lipinski definition) is 9. The Morgan fingerprint density at radius 2 is 1.67 bits per heavy atom. The lowest BCUT2D eigenvalue weighted by Gasteiger charge is -2.31. The van der Waals surface area contributed by atoms with E-state index in [1.807, 2.05) is 48.2 Å². The first-order chi connectivity index (χ1) is 20.4. The number of nitrogens with zero attached hydrogens (tertiary/aromatic N) is 4. The molecule has 2 aliphatic rings. The van der Waals surface area contributed by atoms with Gasteiger partial charge in [0, 0.05) is 43.6 Å². The number of anilines is 1. The van der Waals surface area contributed by atoms with Crippen molar-refractivity contribution in [3.63, 3.8) is 0 Å². The molecular formula is C31H35ClN4O5S. The van der Waals surface area contributed by atoms with Crippen LogP contribution in [0.15, 0.2) is 47.6 Å². The molecule has 1 saturated heterocycles. The number of thioether (sulfide) groups is 1. The fourth-order valence-electron chi connectivity index (χ4n) is 5.34. The standard InChI is InChI=1S/C31H35ClN4O5S/c1-4-41-30(38)22-9-12-35(13-10-22)29(37)21-7-5-20(6-8-21)19-42-31-33-27(32)17-28(34-31)36-14-11-23-15-25(39-2)26(40-3)16-24(23)18-36/h5-8,15-17,22H,4,9-14,18-19H2,1-3H3. The largest absolute Gasteiger partial charge is 0.493 e. The first-order valence-electron chi connectivity index (χ1n) is 14.1. The van der Waals surface area contributed by atoms with E-state index in [1.165, 1.54) is 22.9 Å². The molecule has 1 aromatic heterocycles. The van der Waals surface area contributed by atoms with E-state index in [9.17, 15) is 9.59 Å². The molecule has 0 atom stereocenters. The second-order valence-electron chi connectivity index (χ2n) is 10.3. The topological polar surface area (TPSA) is 94.1 Å². The third-order valence-corrected chi connectivity index (χ3v) is 8.79. The van der Waals surface area contributed by atoms with E-state index in [4.69, 9.17) is 30.8 Å². The lowest BCUT2D eigenvalue weighted by molar-refractivity contribution is -0.149. The number of benzene rings is 2. The van der Waals surface area contributed by atoms with E-state index >= 15 is 0 Å². The number of amides is 1. The van der Waals surface area contributed by atoms with Crippen molar-refractivity contribution in [2.75, 3.05) is 45.4 Å². The molecule has 1 fully saturated rings. The summed E-state index contributed by atoms with van der Waals surface area (Å²) in [5.74, 6) is 2.57. The Kier molecular flexibility index (Phi) is 9.74. The summed E-state index contributed by atoms with van der Waals surface area (Å²) >= 11 is 7.92. The first kappa shape index (κ1) is 30.0. The third kappa shape index (κ3) is 6.93. The summed E-state index contributed by atoms with van der Waals surface area (Å²) in [4.78, 5) is 38.3. The maximum atomic E-state index is 13.0. The number of carbonyl (C=O) groups is 2. The SMILES string of the molecule is CCOC(=O)C1CCN(C(=O)c2ccc(CSc3nc(Cl)cc(N4CCc5cc(OC)c(OC)cc5C4)n3)cc2)CC1. The first-order valence-corrected chi connectivity index (χ1v) is 15.5. The van der Waals surface area contributed by atoms with Crippen LogP contribution in [0.4, 0.5) is 5.82 Å². The highest BCUT2D eigenvalue weighted by molar-refractivity contribution is 7.98. The minimum absolute atomic E-state index is 0.0153. The zero-order valence-corrected chi connectivity index (χ0v) is 25.7. The van der Waals surface area contributed by atoms with E-state index in [0.717, 1.165) is 30.1 Å². The molecule has 0 bridgehead atoms. The van der Waals surface area contributed by atoms with Gasteiger partial charge in [0.2, 0.25) is 0 Å². The molecule has 0 N–H and O–H groups in total. The van der Waals surface area contributed by atoms with Crippen LogP contribution in [0.1, 0.15) is 46.8 Å². The van der Waals surface area contributed by atoms with Gasteiger partial charge in [-0.1, -0.05) is 35.5 Å². The van der Waals surface area contributed by atoms with E-state index in [0.29, 0.717) is 66.5 Å². The molecule has 0 radical (unpaired) electrons. The van der Waals surface area contributed by atoms with Gasteiger partial charge in [0.05, 0.1) is 26.7 Å². The number of esters is 1. The number of carbonyl (C=O) groups excluding carboxylic acids is 2. The summed E-state index contributed by atoms with van der Waals surface area (Å²) in [5, 5.41) is 0.994. The van der Waals surface area contributed by atoms with Crippen LogP contribution in [0.3, 0.4) is 0 Å². The number of methoxy groups -OCH3 is 2. The van der Waals surface area contributed by atoms with Crippen molar-refractivity contribution in [1.29, 1.82) is 0 Å². The number of ether oxygens (including phenoxy) is 3. The van der Waals surface area contributed by atoms with Gasteiger partial charge in [-0.2, -0.15) is 0 Å². The molecule has 0 aliphatic carbocycles. The smallest absolute Gasteiger partial charge is 0.309 e. The van der Waals surface area contributed by atoms with Crippen molar-refractivity contribution in [3.8, 4) is 11.5 Å². The second kappa shape index (κ2) is 13.6. The predicted molar refractivity (Wildman–Crippen MR) is 163 cm³/mol. The molecule has 3 heterocycles. The Hall–Kier alpha value is -3.50. The number of rotatable bonds is 9. The highest BCUT2D eigenvalue weighted by atomic mass is 35.5. The normalized spacial score (nSPS) is 15.2. The van der Waals surface area contributed by atoms with Gasteiger partial charge in [0.1, 0.15) is 11.0 Å². The number of aromatic nitrogens is 2. The number of piperidine rings is 1. The van der Waals surface area contributed by atoms with Crippen LogP contribution >= 0.6 is 23.4 Å². The minimum atomic E-state index is -0.162. The van der Waals surface area contributed by atoms with Crippen LogP contribution < -0.4 is 14.4 Å². The van der Waals surface area contributed by atoms with Gasteiger partial charge in [-0.15, -0.1) is 0 Å². The molecule has 0 spiro atoms. The van der Waals surface area contributed by atoms with E-state index in [-0.39, 0.29) is 17.8 Å². The fourth-order valence-corrected chi connectivity index (χ4v) is 6.38. The van der Waals surface area contributed by atoms with Crippen molar-refractivity contribution in [2.45, 2.75) is 43.6 Å². The molecule has 1 amide bonds. The van der Waals surface area contributed by atoms with Crippen LogP contribution in [0.25, 0.3) is 0 Å². The summed E-state index contributed by atoms with van der Waals surface area (Å²) in [5.41, 5.74) is 4.09. The van der Waals surface area contributed by atoms with E-state index < -0.39 is 0 Å². The van der Waals surface area contributed by atoms with Gasteiger partial charge in [-0.3, -0.25) is 9.59 Å². The molecule has 0 unspecified atom stereocenters. The van der Waals surface area contributed by atoms with Gasteiger partial charge in [-0.05, 0) is 67.1 Å². The zero-order chi connectivity index (χ0) is 29.6. The number of hydrogen-bond donors (Lipinski definition) is 0. The number of fused-ring (bicyclic) bond motifs is 1. The van der Waals surface area contributed by atoms with Gasteiger partial charge in [0.25, 0.3) is 5.91 Å². The molecule has 222 valence electrons. The predicted octanol–water partition coefficient (Wildman–Crippen LogP) is 5.42. The lowest BCUT2D eigenvalue weighted by atomic mass is 9.96. The highest BCUT2D eigenvalue weighted by Gasteiger charge is 2.28. The van der Waals surface area contributed by atoms with E-state index in [2.05, 4.69) is 9.88 Å².